The lowest BCUT2D eigenvalue weighted by molar-refractivity contribution is -0.0547. The number of nitrogens with zero attached hydrogens (tertiary/aromatic N) is 1. The Hall–Kier alpha value is -1.44. The van der Waals surface area contributed by atoms with Gasteiger partial charge < -0.3 is 14.9 Å². The second-order valence-corrected chi connectivity index (χ2v) is 5.23. The van der Waals surface area contributed by atoms with E-state index in [1.165, 1.54) is 10.6 Å². The Morgan fingerprint density at radius 2 is 2.21 bits per heavy atom. The van der Waals surface area contributed by atoms with Crippen LogP contribution in [0.1, 0.15) is 25.3 Å². The minimum Gasteiger partial charge on any atom is -0.396 e. The molecule has 3 atom stereocenters. The molecule has 0 spiro atoms. The molecule has 1 aromatic rings. The number of nitrogens with one attached hydrogen (secondary N) is 1. The highest BCUT2D eigenvalue weighted by Gasteiger charge is 2.45. The standard InChI is InChI=1S/C12H18N2O5/c1-7-3-9(17)13-11(18)14(7)10-4-12(2,6-16)8(5-15)19-10/h3,8,10,15-16H,4-6H2,1-2H3,(H,13,17,18)/t8-,10-,12-/m1/s1. The van der Waals surface area contributed by atoms with E-state index in [1.54, 1.807) is 13.8 Å². The minimum absolute atomic E-state index is 0.147. The molecule has 3 N–H and O–H groups in total. The molecular formula is C12H18N2O5. The van der Waals surface area contributed by atoms with E-state index in [0.29, 0.717) is 12.1 Å². The summed E-state index contributed by atoms with van der Waals surface area (Å²) in [6.45, 7) is 3.05. The van der Waals surface area contributed by atoms with Crippen LogP contribution in [0.3, 0.4) is 0 Å². The van der Waals surface area contributed by atoms with E-state index >= 15 is 0 Å². The highest BCUT2D eigenvalue weighted by atomic mass is 16.5. The van der Waals surface area contributed by atoms with Gasteiger partial charge in [0.15, 0.2) is 0 Å². The molecule has 2 rings (SSSR count). The lowest BCUT2D eigenvalue weighted by atomic mass is 9.84. The lowest BCUT2D eigenvalue weighted by Crippen LogP contribution is -2.34. The summed E-state index contributed by atoms with van der Waals surface area (Å²) < 4.78 is 6.97. The van der Waals surface area contributed by atoms with E-state index in [0.717, 1.165) is 0 Å². The van der Waals surface area contributed by atoms with E-state index in [9.17, 15) is 19.8 Å². The van der Waals surface area contributed by atoms with Gasteiger partial charge in [-0.2, -0.15) is 0 Å². The molecule has 1 aliphatic rings. The number of aryl methyl sites for hydroxylation is 1. The fourth-order valence-corrected chi connectivity index (χ4v) is 2.49. The summed E-state index contributed by atoms with van der Waals surface area (Å²) in [6.07, 6.45) is -0.749. The Morgan fingerprint density at radius 1 is 1.53 bits per heavy atom. The predicted octanol–water partition coefficient (Wildman–Crippen LogP) is -0.877. The highest BCUT2D eigenvalue weighted by molar-refractivity contribution is 5.02. The van der Waals surface area contributed by atoms with Gasteiger partial charge in [-0.05, 0) is 6.92 Å². The number of aliphatic hydroxyl groups is 2. The second-order valence-electron chi connectivity index (χ2n) is 5.23. The predicted molar refractivity (Wildman–Crippen MR) is 66.9 cm³/mol. The van der Waals surface area contributed by atoms with Crippen molar-refractivity contribution in [3.8, 4) is 0 Å². The van der Waals surface area contributed by atoms with Gasteiger partial charge in [0.2, 0.25) is 0 Å². The average Bonchev–Trinajstić information content (AvgIpc) is 2.66. The Morgan fingerprint density at radius 3 is 2.68 bits per heavy atom. The number of ether oxygens (including phenoxy) is 1. The van der Waals surface area contributed by atoms with E-state index < -0.39 is 29.0 Å². The largest absolute Gasteiger partial charge is 0.396 e. The number of hydrogen-bond acceptors (Lipinski definition) is 5. The van der Waals surface area contributed by atoms with Gasteiger partial charge in [0.25, 0.3) is 5.56 Å². The van der Waals surface area contributed by atoms with Crippen LogP contribution in [0.5, 0.6) is 0 Å². The van der Waals surface area contributed by atoms with Crippen molar-refractivity contribution in [2.24, 2.45) is 5.41 Å². The zero-order chi connectivity index (χ0) is 14.2. The Bertz CT molecular complexity index is 578. The van der Waals surface area contributed by atoms with Gasteiger partial charge in [0.1, 0.15) is 6.23 Å². The summed E-state index contributed by atoms with van der Waals surface area (Å²) in [7, 11) is 0. The van der Waals surface area contributed by atoms with Crippen LogP contribution in [-0.2, 0) is 4.74 Å². The number of aromatic nitrogens is 2. The van der Waals surface area contributed by atoms with Crippen LogP contribution in [0.15, 0.2) is 15.7 Å². The summed E-state index contributed by atoms with van der Waals surface area (Å²) in [6, 6.07) is 1.31. The van der Waals surface area contributed by atoms with Crippen molar-refractivity contribution in [1.29, 1.82) is 0 Å². The van der Waals surface area contributed by atoms with Gasteiger partial charge in [-0.25, -0.2) is 4.79 Å². The van der Waals surface area contributed by atoms with Crippen LogP contribution >= 0.6 is 0 Å². The maximum Gasteiger partial charge on any atom is 0.330 e. The number of hydrogen-bond donors (Lipinski definition) is 3. The average molecular weight is 270 g/mol. The first-order valence-corrected chi connectivity index (χ1v) is 6.11. The zero-order valence-corrected chi connectivity index (χ0v) is 10.9. The van der Waals surface area contributed by atoms with E-state index in [2.05, 4.69) is 4.98 Å². The molecule has 1 aromatic heterocycles. The summed E-state index contributed by atoms with van der Waals surface area (Å²) in [5.41, 5.74) is -1.13. The lowest BCUT2D eigenvalue weighted by Gasteiger charge is -2.25. The van der Waals surface area contributed by atoms with Gasteiger partial charge in [0.05, 0.1) is 19.3 Å². The number of H-pyrrole nitrogens is 1. The third kappa shape index (κ3) is 2.36. The molecular weight excluding hydrogens is 252 g/mol. The summed E-state index contributed by atoms with van der Waals surface area (Å²) in [5, 5.41) is 18.7. The van der Waals surface area contributed by atoms with Gasteiger partial charge in [-0.15, -0.1) is 0 Å². The maximum atomic E-state index is 11.8. The monoisotopic (exact) mass is 270 g/mol. The number of aliphatic hydroxyl groups excluding tert-OH is 2. The summed E-state index contributed by atoms with van der Waals surface area (Å²) in [5.74, 6) is 0. The molecule has 19 heavy (non-hydrogen) atoms. The molecule has 7 nitrogen and oxygen atoms in total. The van der Waals surface area contributed by atoms with Crippen LogP contribution in [0.4, 0.5) is 0 Å². The quantitative estimate of drug-likeness (QED) is 0.662. The van der Waals surface area contributed by atoms with Crippen molar-refractivity contribution >= 4 is 0 Å². The van der Waals surface area contributed by atoms with Crippen molar-refractivity contribution in [3.63, 3.8) is 0 Å². The molecule has 1 aliphatic heterocycles. The molecule has 106 valence electrons. The fourth-order valence-electron chi connectivity index (χ4n) is 2.49. The fraction of sp³-hybridized carbons (Fsp3) is 0.667. The van der Waals surface area contributed by atoms with Crippen molar-refractivity contribution in [2.45, 2.75) is 32.6 Å². The molecule has 0 unspecified atom stereocenters. The molecule has 0 aliphatic carbocycles. The summed E-state index contributed by atoms with van der Waals surface area (Å²) in [4.78, 5) is 25.2. The second kappa shape index (κ2) is 4.92. The van der Waals surface area contributed by atoms with E-state index in [4.69, 9.17) is 4.74 Å². The molecule has 2 heterocycles. The van der Waals surface area contributed by atoms with Crippen LogP contribution in [0.2, 0.25) is 0 Å². The topological polar surface area (TPSA) is 105 Å². The molecule has 1 saturated heterocycles. The van der Waals surface area contributed by atoms with Gasteiger partial charge in [-0.3, -0.25) is 14.3 Å². The van der Waals surface area contributed by atoms with Gasteiger partial charge in [-0.1, -0.05) is 6.92 Å². The first-order valence-electron chi connectivity index (χ1n) is 6.11. The Balaban J connectivity index is 2.41. The summed E-state index contributed by atoms with van der Waals surface area (Å²) >= 11 is 0. The third-order valence-corrected chi connectivity index (χ3v) is 3.72. The molecule has 0 radical (unpaired) electrons. The number of rotatable bonds is 3. The molecule has 7 heteroatoms. The van der Waals surface area contributed by atoms with Crippen LogP contribution in [0.25, 0.3) is 0 Å². The Labute approximate surface area is 109 Å². The SMILES string of the molecule is Cc1cc(=O)[nH]c(=O)n1[C@H]1C[C@](C)(CO)[C@@H](CO)O1. The van der Waals surface area contributed by atoms with Crippen molar-refractivity contribution < 1.29 is 14.9 Å². The van der Waals surface area contributed by atoms with Crippen LogP contribution in [0, 0.1) is 12.3 Å². The van der Waals surface area contributed by atoms with Crippen molar-refractivity contribution in [2.75, 3.05) is 13.2 Å². The zero-order valence-electron chi connectivity index (χ0n) is 10.9. The van der Waals surface area contributed by atoms with Crippen LogP contribution in [-0.4, -0.2) is 39.1 Å². The van der Waals surface area contributed by atoms with Crippen molar-refractivity contribution in [3.05, 3.63) is 32.6 Å². The smallest absolute Gasteiger partial charge is 0.330 e. The van der Waals surface area contributed by atoms with E-state index in [1.807, 2.05) is 0 Å². The molecule has 0 aromatic carbocycles. The minimum atomic E-state index is -0.610. The maximum absolute atomic E-state index is 11.8. The Kier molecular flexibility index (Phi) is 3.62. The normalized spacial score (nSPS) is 30.7. The van der Waals surface area contributed by atoms with Crippen molar-refractivity contribution in [1.82, 2.24) is 9.55 Å². The first kappa shape index (κ1) is 14.0. The molecule has 0 amide bonds. The number of aromatic amines is 1. The third-order valence-electron chi connectivity index (χ3n) is 3.72. The van der Waals surface area contributed by atoms with Gasteiger partial charge in [0, 0.05) is 23.6 Å². The highest BCUT2D eigenvalue weighted by Crippen LogP contribution is 2.42. The van der Waals surface area contributed by atoms with Crippen LogP contribution < -0.4 is 11.2 Å². The van der Waals surface area contributed by atoms with E-state index in [-0.39, 0.29) is 13.2 Å². The first-order chi connectivity index (χ1) is 8.91. The molecule has 0 saturated carbocycles. The molecule has 1 fully saturated rings. The molecule has 0 bridgehead atoms. The van der Waals surface area contributed by atoms with Gasteiger partial charge >= 0.3 is 5.69 Å².